The van der Waals surface area contributed by atoms with Crippen LogP contribution in [-0.4, -0.2) is 48.1 Å². The van der Waals surface area contributed by atoms with E-state index in [9.17, 15) is 22.8 Å². The number of ketones is 1. The molecule has 1 aromatic carbocycles. The second-order valence-corrected chi connectivity index (χ2v) is 9.37. The highest BCUT2D eigenvalue weighted by atomic mass is 32.2. The topological polar surface area (TPSA) is 73.8 Å². The zero-order valence-corrected chi connectivity index (χ0v) is 17.7. The number of carbonyl (C=O) groups is 2. The van der Waals surface area contributed by atoms with Crippen molar-refractivity contribution in [3.63, 3.8) is 0 Å². The van der Waals surface area contributed by atoms with Crippen molar-refractivity contribution in [3.8, 4) is 0 Å². The van der Waals surface area contributed by atoms with Crippen LogP contribution in [0, 0.1) is 0 Å². The van der Waals surface area contributed by atoms with Gasteiger partial charge in [0.15, 0.2) is 5.54 Å². The number of nitrogens with one attached hydrogen (secondary N) is 2. The van der Waals surface area contributed by atoms with Crippen LogP contribution in [0.5, 0.6) is 0 Å². The molecule has 4 unspecified atom stereocenters. The molecule has 1 amide bonds. The van der Waals surface area contributed by atoms with Crippen LogP contribution in [0.15, 0.2) is 52.5 Å². The van der Waals surface area contributed by atoms with Crippen LogP contribution in [0.2, 0.25) is 0 Å². The maximum absolute atomic E-state index is 13.3. The summed E-state index contributed by atoms with van der Waals surface area (Å²) in [5, 5.41) is 6.59. The minimum absolute atomic E-state index is 0.125. The van der Waals surface area contributed by atoms with Gasteiger partial charge >= 0.3 is 6.18 Å². The fourth-order valence-corrected chi connectivity index (χ4v) is 5.71. The first kappa shape index (κ1) is 21.3. The average molecular weight is 462 g/mol. The molecule has 2 fully saturated rings. The normalized spacial score (nSPS) is 30.8. The summed E-state index contributed by atoms with van der Waals surface area (Å²) in [7, 11) is 0. The second kappa shape index (κ2) is 7.77. The number of carbonyl (C=O) groups excluding carboxylic acids is 2. The lowest BCUT2D eigenvalue weighted by Gasteiger charge is -2.26. The number of anilines is 1. The Hall–Kier alpha value is -2.59. The van der Waals surface area contributed by atoms with Crippen LogP contribution in [-0.2, 0) is 15.1 Å². The van der Waals surface area contributed by atoms with Gasteiger partial charge in [-0.1, -0.05) is 23.9 Å². The predicted molar refractivity (Wildman–Crippen MR) is 116 cm³/mol. The molecule has 0 spiro atoms. The van der Waals surface area contributed by atoms with Crippen molar-refractivity contribution < 1.29 is 22.8 Å². The van der Waals surface area contributed by atoms with Gasteiger partial charge in [0.2, 0.25) is 0 Å². The molecule has 32 heavy (non-hydrogen) atoms. The molecule has 6 nitrogen and oxygen atoms in total. The van der Waals surface area contributed by atoms with Crippen molar-refractivity contribution in [2.24, 2.45) is 4.99 Å². The molecule has 2 bridgehead atoms. The van der Waals surface area contributed by atoms with E-state index in [2.05, 4.69) is 15.6 Å². The number of thioether (sulfide) groups is 1. The fourth-order valence-electron chi connectivity index (χ4n) is 4.81. The van der Waals surface area contributed by atoms with Gasteiger partial charge in [0.25, 0.3) is 11.7 Å². The zero-order valence-electron chi connectivity index (χ0n) is 16.9. The summed E-state index contributed by atoms with van der Waals surface area (Å²) < 4.78 is 39.8. The summed E-state index contributed by atoms with van der Waals surface area (Å²) in [5.74, 6) is -1.63. The van der Waals surface area contributed by atoms with Gasteiger partial charge in [-0.3, -0.25) is 14.6 Å². The number of rotatable bonds is 5. The minimum Gasteiger partial charge on any atom is -0.347 e. The van der Waals surface area contributed by atoms with E-state index in [1.165, 1.54) is 42.3 Å². The standard InChI is InChI=1S/C22H21F3N4O2S/c23-22(24,25)20(31)21(7-2-8-26-21)13-3-1-4-15(9-13)29-11-18(32-12-29)19(30)28-17-10-14-5-6-16(17)27-14/h1-4,7-9,11,14,16-17,27H,5-6,10,12H2,(H,28,30). The van der Waals surface area contributed by atoms with Crippen molar-refractivity contribution in [1.29, 1.82) is 0 Å². The van der Waals surface area contributed by atoms with E-state index in [0.29, 0.717) is 28.6 Å². The zero-order chi connectivity index (χ0) is 22.5. The number of Topliss-reactive ketones (excluding diaryl/α,β-unsaturated/α-hetero) is 1. The number of allylic oxidation sites excluding steroid dienone is 1. The number of hydrogen-bond acceptors (Lipinski definition) is 6. The maximum atomic E-state index is 13.3. The average Bonchev–Trinajstić information content (AvgIpc) is 3.57. The lowest BCUT2D eigenvalue weighted by atomic mass is 9.86. The summed E-state index contributed by atoms with van der Waals surface area (Å²) in [6.45, 7) is 0. The van der Waals surface area contributed by atoms with Gasteiger partial charge in [0.05, 0.1) is 10.8 Å². The molecule has 4 aliphatic heterocycles. The van der Waals surface area contributed by atoms with E-state index in [1.807, 2.05) is 0 Å². The van der Waals surface area contributed by atoms with Crippen LogP contribution >= 0.6 is 11.8 Å². The van der Waals surface area contributed by atoms with Crippen LogP contribution in [0.3, 0.4) is 0 Å². The summed E-state index contributed by atoms with van der Waals surface area (Å²) in [4.78, 5) is 31.2. The third-order valence-electron chi connectivity index (χ3n) is 6.40. The molecule has 4 atom stereocenters. The molecular weight excluding hydrogens is 441 g/mol. The molecule has 168 valence electrons. The highest BCUT2D eigenvalue weighted by Crippen LogP contribution is 2.40. The molecule has 10 heteroatoms. The summed E-state index contributed by atoms with van der Waals surface area (Å²) in [5.41, 5.74) is -1.39. The Kier molecular flexibility index (Phi) is 5.16. The Morgan fingerprint density at radius 3 is 2.78 bits per heavy atom. The molecule has 1 aromatic rings. The van der Waals surface area contributed by atoms with E-state index >= 15 is 0 Å². The van der Waals surface area contributed by atoms with Crippen LogP contribution in [0.1, 0.15) is 24.8 Å². The Labute approximate surface area is 187 Å². The van der Waals surface area contributed by atoms with Gasteiger partial charge in [-0.2, -0.15) is 13.2 Å². The lowest BCUT2D eigenvalue weighted by Crippen LogP contribution is -2.43. The number of hydrogen-bond donors (Lipinski definition) is 2. The smallest absolute Gasteiger partial charge is 0.347 e. The van der Waals surface area contributed by atoms with Crippen molar-refractivity contribution in [3.05, 3.63) is 53.1 Å². The van der Waals surface area contributed by atoms with Gasteiger partial charge in [0.1, 0.15) is 0 Å². The fraction of sp³-hybridized carbons (Fsp3) is 0.409. The molecule has 0 radical (unpaired) electrons. The number of benzene rings is 1. The van der Waals surface area contributed by atoms with Crippen LogP contribution in [0.25, 0.3) is 0 Å². The number of alkyl halides is 3. The molecule has 2 saturated heterocycles. The van der Waals surface area contributed by atoms with Gasteiger partial charge in [-0.05, 0) is 49.1 Å². The van der Waals surface area contributed by atoms with E-state index in [0.717, 1.165) is 19.3 Å². The first-order valence-corrected chi connectivity index (χ1v) is 11.4. The summed E-state index contributed by atoms with van der Waals surface area (Å²) in [6, 6.07) is 7.24. The molecule has 2 N–H and O–H groups in total. The van der Waals surface area contributed by atoms with Crippen LogP contribution < -0.4 is 15.5 Å². The van der Waals surface area contributed by atoms with E-state index < -0.39 is 17.5 Å². The third-order valence-corrected chi connectivity index (χ3v) is 7.40. The molecule has 0 aromatic heterocycles. The molecule has 4 heterocycles. The third kappa shape index (κ3) is 3.65. The van der Waals surface area contributed by atoms with Crippen molar-refractivity contribution in [1.82, 2.24) is 10.6 Å². The van der Waals surface area contributed by atoms with Gasteiger partial charge in [-0.25, -0.2) is 0 Å². The Morgan fingerprint density at radius 2 is 2.12 bits per heavy atom. The largest absolute Gasteiger partial charge is 0.453 e. The number of halogens is 3. The maximum Gasteiger partial charge on any atom is 0.453 e. The molecule has 4 aliphatic rings. The highest BCUT2D eigenvalue weighted by Gasteiger charge is 2.53. The first-order chi connectivity index (χ1) is 15.3. The number of amides is 1. The highest BCUT2D eigenvalue weighted by molar-refractivity contribution is 8.04. The Bertz CT molecular complexity index is 1040. The van der Waals surface area contributed by atoms with Crippen LogP contribution in [0.4, 0.5) is 18.9 Å². The number of nitrogens with zero attached hydrogens (tertiary/aromatic N) is 2. The lowest BCUT2D eigenvalue weighted by molar-refractivity contribution is -0.175. The number of fused-ring (bicyclic) bond motifs is 2. The van der Waals surface area contributed by atoms with Crippen molar-refractivity contribution >= 4 is 35.4 Å². The van der Waals surface area contributed by atoms with Crippen molar-refractivity contribution in [2.45, 2.75) is 49.1 Å². The van der Waals surface area contributed by atoms with E-state index in [4.69, 9.17) is 0 Å². The van der Waals surface area contributed by atoms with E-state index in [-0.39, 0.29) is 17.5 Å². The Balaban J connectivity index is 1.35. The number of aliphatic imine (C=N–C) groups is 1. The van der Waals surface area contributed by atoms with Gasteiger partial charge in [-0.15, -0.1) is 0 Å². The van der Waals surface area contributed by atoms with E-state index in [1.54, 1.807) is 23.2 Å². The first-order valence-electron chi connectivity index (χ1n) is 10.4. The second-order valence-electron chi connectivity index (χ2n) is 8.38. The quantitative estimate of drug-likeness (QED) is 0.704. The van der Waals surface area contributed by atoms with Gasteiger partial charge < -0.3 is 15.5 Å². The SMILES string of the molecule is O=C(NC1CC2CCC1N2)C1=CN(c2cccc(C3(C(=O)C(F)(F)F)C=CC=N3)c2)CS1. The monoisotopic (exact) mass is 462 g/mol. The summed E-state index contributed by atoms with van der Waals surface area (Å²) in [6.07, 6.45) is 3.54. The van der Waals surface area contributed by atoms with Crippen molar-refractivity contribution in [2.75, 3.05) is 10.8 Å². The predicted octanol–water partition coefficient (Wildman–Crippen LogP) is 3.02. The molecule has 0 saturated carbocycles. The minimum atomic E-state index is -5.02. The van der Waals surface area contributed by atoms with Gasteiger partial charge in [0, 0.05) is 36.2 Å². The molecule has 5 rings (SSSR count). The molecule has 0 aliphatic carbocycles. The summed E-state index contributed by atoms with van der Waals surface area (Å²) >= 11 is 1.37. The Morgan fingerprint density at radius 1 is 1.28 bits per heavy atom. The molecular formula is C22H21F3N4O2S.